The van der Waals surface area contributed by atoms with Gasteiger partial charge in [0.2, 0.25) is 0 Å². The molecular formula is C14H17N3O4. The van der Waals surface area contributed by atoms with Gasteiger partial charge < -0.3 is 19.5 Å². The van der Waals surface area contributed by atoms with Crippen LogP contribution in [0.4, 0.5) is 5.69 Å². The standard InChI is InChI=1S/C14H17N3O4/c1-9-14(18)16-13-11(15-9)7-10(8-12(13)21-19-2)17-3-5-20-6-4-17/h7-8H,3-6H2,1-2H3,(H,16,18). The highest BCUT2D eigenvalue weighted by Gasteiger charge is 2.16. The first-order valence-electron chi connectivity index (χ1n) is 6.77. The molecule has 0 bridgehead atoms. The van der Waals surface area contributed by atoms with Crippen molar-refractivity contribution < 1.29 is 14.5 Å². The fourth-order valence-electron chi connectivity index (χ4n) is 2.40. The normalized spacial score (nSPS) is 15.4. The summed E-state index contributed by atoms with van der Waals surface area (Å²) in [4.78, 5) is 31.0. The lowest BCUT2D eigenvalue weighted by molar-refractivity contribution is -0.176. The summed E-state index contributed by atoms with van der Waals surface area (Å²) in [6, 6.07) is 3.77. The summed E-state index contributed by atoms with van der Waals surface area (Å²) in [5.41, 5.74) is 2.36. The van der Waals surface area contributed by atoms with Gasteiger partial charge in [0, 0.05) is 24.8 Å². The average molecular weight is 291 g/mol. The third-order valence-corrected chi connectivity index (χ3v) is 3.47. The van der Waals surface area contributed by atoms with Crippen LogP contribution in [0.3, 0.4) is 0 Å². The third kappa shape index (κ3) is 2.70. The molecule has 2 heterocycles. The molecule has 7 heteroatoms. The van der Waals surface area contributed by atoms with Gasteiger partial charge in [0.05, 0.1) is 25.8 Å². The molecule has 0 spiro atoms. The van der Waals surface area contributed by atoms with Crippen LogP contribution in [0.25, 0.3) is 11.0 Å². The molecular weight excluding hydrogens is 274 g/mol. The Hall–Kier alpha value is -2.12. The van der Waals surface area contributed by atoms with E-state index < -0.39 is 0 Å². The Morgan fingerprint density at radius 3 is 2.81 bits per heavy atom. The number of ether oxygens (including phenoxy) is 1. The minimum atomic E-state index is -0.234. The molecule has 2 aromatic rings. The second kappa shape index (κ2) is 5.71. The summed E-state index contributed by atoms with van der Waals surface area (Å²) in [6.45, 7) is 4.67. The number of aromatic nitrogens is 2. The van der Waals surface area contributed by atoms with Crippen molar-refractivity contribution >= 4 is 16.7 Å². The van der Waals surface area contributed by atoms with E-state index in [0.29, 0.717) is 35.7 Å². The number of hydrogen-bond donors (Lipinski definition) is 1. The summed E-state index contributed by atoms with van der Waals surface area (Å²) in [7, 11) is 1.42. The van der Waals surface area contributed by atoms with Crippen LogP contribution in [-0.2, 0) is 9.62 Å². The van der Waals surface area contributed by atoms with Crippen molar-refractivity contribution in [1.29, 1.82) is 0 Å². The number of morpholine rings is 1. The van der Waals surface area contributed by atoms with E-state index in [1.807, 2.05) is 12.1 Å². The molecule has 3 rings (SSSR count). The molecule has 1 aromatic heterocycles. The zero-order valence-electron chi connectivity index (χ0n) is 12.0. The Bertz CT molecular complexity index is 707. The summed E-state index contributed by atoms with van der Waals surface area (Å²) in [6.07, 6.45) is 0. The molecule has 112 valence electrons. The molecule has 1 aromatic carbocycles. The van der Waals surface area contributed by atoms with E-state index in [9.17, 15) is 4.79 Å². The molecule has 0 aliphatic carbocycles. The number of hydrogen-bond acceptors (Lipinski definition) is 6. The minimum absolute atomic E-state index is 0.234. The van der Waals surface area contributed by atoms with Gasteiger partial charge in [0.25, 0.3) is 5.56 Å². The second-order valence-corrected chi connectivity index (χ2v) is 4.84. The lowest BCUT2D eigenvalue weighted by atomic mass is 10.2. The summed E-state index contributed by atoms with van der Waals surface area (Å²) >= 11 is 0. The Labute approximate surface area is 121 Å². The van der Waals surface area contributed by atoms with Crippen molar-refractivity contribution in [2.75, 3.05) is 38.3 Å². The Balaban J connectivity index is 2.13. The molecule has 0 atom stereocenters. The topological polar surface area (TPSA) is 76.7 Å². The number of aryl methyl sites for hydroxylation is 1. The number of nitrogens with one attached hydrogen (secondary N) is 1. The van der Waals surface area contributed by atoms with E-state index in [2.05, 4.69) is 14.9 Å². The van der Waals surface area contributed by atoms with Crippen LogP contribution in [0, 0.1) is 6.92 Å². The molecule has 1 N–H and O–H groups in total. The van der Waals surface area contributed by atoms with Crippen molar-refractivity contribution in [3.63, 3.8) is 0 Å². The maximum Gasteiger partial charge on any atom is 0.269 e. The van der Waals surface area contributed by atoms with Crippen molar-refractivity contribution in [2.24, 2.45) is 0 Å². The summed E-state index contributed by atoms with van der Waals surface area (Å²) < 4.78 is 5.36. The van der Waals surface area contributed by atoms with E-state index in [1.165, 1.54) is 7.11 Å². The van der Waals surface area contributed by atoms with Crippen molar-refractivity contribution in [2.45, 2.75) is 6.92 Å². The van der Waals surface area contributed by atoms with Gasteiger partial charge in [-0.2, -0.15) is 4.89 Å². The molecule has 0 radical (unpaired) electrons. The molecule has 1 aliphatic rings. The van der Waals surface area contributed by atoms with Gasteiger partial charge in [-0.1, -0.05) is 0 Å². The summed E-state index contributed by atoms with van der Waals surface area (Å²) in [5.74, 6) is 0.445. The molecule has 1 saturated heterocycles. The highest BCUT2D eigenvalue weighted by atomic mass is 17.2. The van der Waals surface area contributed by atoms with E-state index >= 15 is 0 Å². The SMILES string of the molecule is COOc1cc(N2CCOCC2)cc2nc(C)c(=O)[nH]c12. The first-order valence-corrected chi connectivity index (χ1v) is 6.77. The van der Waals surface area contributed by atoms with Crippen LogP contribution in [0.5, 0.6) is 5.75 Å². The number of H-pyrrole nitrogens is 1. The van der Waals surface area contributed by atoms with E-state index in [-0.39, 0.29) is 5.56 Å². The van der Waals surface area contributed by atoms with Gasteiger partial charge in [-0.3, -0.25) is 4.79 Å². The Kier molecular flexibility index (Phi) is 3.76. The molecule has 21 heavy (non-hydrogen) atoms. The van der Waals surface area contributed by atoms with Crippen LogP contribution >= 0.6 is 0 Å². The van der Waals surface area contributed by atoms with E-state index in [1.54, 1.807) is 6.92 Å². The number of nitrogens with zero attached hydrogens (tertiary/aromatic N) is 2. The predicted molar refractivity (Wildman–Crippen MR) is 77.8 cm³/mol. The third-order valence-electron chi connectivity index (χ3n) is 3.47. The van der Waals surface area contributed by atoms with Crippen LogP contribution in [0.2, 0.25) is 0 Å². The molecule has 7 nitrogen and oxygen atoms in total. The van der Waals surface area contributed by atoms with Crippen LogP contribution < -0.4 is 15.3 Å². The predicted octanol–water partition coefficient (Wildman–Crippen LogP) is 1.01. The lowest BCUT2D eigenvalue weighted by Gasteiger charge is -2.29. The van der Waals surface area contributed by atoms with E-state index in [4.69, 9.17) is 14.5 Å². The van der Waals surface area contributed by atoms with Crippen LogP contribution in [-0.4, -0.2) is 43.4 Å². The zero-order valence-corrected chi connectivity index (χ0v) is 12.0. The van der Waals surface area contributed by atoms with Crippen LogP contribution in [0.1, 0.15) is 5.69 Å². The van der Waals surface area contributed by atoms with Gasteiger partial charge >= 0.3 is 0 Å². The lowest BCUT2D eigenvalue weighted by Crippen LogP contribution is -2.36. The van der Waals surface area contributed by atoms with Gasteiger partial charge in [-0.15, -0.1) is 0 Å². The molecule has 0 saturated carbocycles. The van der Waals surface area contributed by atoms with Crippen LogP contribution in [0.15, 0.2) is 16.9 Å². The maximum atomic E-state index is 11.7. The van der Waals surface area contributed by atoms with Gasteiger partial charge in [0.15, 0.2) is 5.75 Å². The summed E-state index contributed by atoms with van der Waals surface area (Å²) in [5, 5.41) is 0. The number of benzene rings is 1. The molecule has 0 unspecified atom stereocenters. The first-order chi connectivity index (χ1) is 10.2. The highest BCUT2D eigenvalue weighted by molar-refractivity contribution is 5.85. The molecule has 1 aliphatic heterocycles. The van der Waals surface area contributed by atoms with Gasteiger partial charge in [0.1, 0.15) is 11.2 Å². The minimum Gasteiger partial charge on any atom is -0.378 e. The van der Waals surface area contributed by atoms with Gasteiger partial charge in [-0.05, 0) is 13.0 Å². The first kappa shape index (κ1) is 13.8. The zero-order chi connectivity index (χ0) is 14.8. The van der Waals surface area contributed by atoms with Crippen molar-refractivity contribution in [1.82, 2.24) is 9.97 Å². The van der Waals surface area contributed by atoms with Gasteiger partial charge in [-0.25, -0.2) is 4.98 Å². The monoisotopic (exact) mass is 291 g/mol. The maximum absolute atomic E-state index is 11.7. The average Bonchev–Trinajstić information content (AvgIpc) is 2.50. The number of fused-ring (bicyclic) bond motifs is 1. The number of aromatic amines is 1. The number of rotatable bonds is 3. The van der Waals surface area contributed by atoms with Crippen molar-refractivity contribution in [3.05, 3.63) is 28.2 Å². The fraction of sp³-hybridized carbons (Fsp3) is 0.429. The highest BCUT2D eigenvalue weighted by Crippen LogP contribution is 2.29. The van der Waals surface area contributed by atoms with E-state index in [0.717, 1.165) is 18.8 Å². The second-order valence-electron chi connectivity index (χ2n) is 4.84. The fourth-order valence-corrected chi connectivity index (χ4v) is 2.40. The number of anilines is 1. The quantitative estimate of drug-likeness (QED) is 0.672. The Morgan fingerprint density at radius 1 is 1.33 bits per heavy atom. The smallest absolute Gasteiger partial charge is 0.269 e. The molecule has 1 fully saturated rings. The Morgan fingerprint density at radius 2 is 2.10 bits per heavy atom. The molecule has 0 amide bonds. The largest absolute Gasteiger partial charge is 0.378 e. The van der Waals surface area contributed by atoms with Crippen molar-refractivity contribution in [3.8, 4) is 5.75 Å².